The molecule has 1 aliphatic heterocycles. The molecule has 3 aromatic carbocycles. The molecule has 0 saturated heterocycles. The maximum Gasteiger partial charge on any atom is 0.323 e. The minimum absolute atomic E-state index is 0.256. The van der Waals surface area contributed by atoms with E-state index in [9.17, 15) is 4.79 Å². The van der Waals surface area contributed by atoms with Gasteiger partial charge in [-0.15, -0.1) is 0 Å². The number of nitrogens with one attached hydrogen (secondary N) is 4. The summed E-state index contributed by atoms with van der Waals surface area (Å²) < 4.78 is 0. The minimum Gasteiger partial charge on any atom is -0.354 e. The molecule has 1 aliphatic rings. The van der Waals surface area contributed by atoms with Crippen molar-refractivity contribution < 1.29 is 4.79 Å². The van der Waals surface area contributed by atoms with E-state index in [0.29, 0.717) is 0 Å². The monoisotopic (exact) mass is 385 g/mol. The number of carbonyl (C=O) groups is 1. The van der Waals surface area contributed by atoms with Crippen molar-refractivity contribution in [3.63, 3.8) is 0 Å². The Morgan fingerprint density at radius 1 is 0.793 bits per heavy atom. The van der Waals surface area contributed by atoms with Crippen LogP contribution in [0.25, 0.3) is 0 Å². The quantitative estimate of drug-likeness (QED) is 0.529. The van der Waals surface area contributed by atoms with E-state index in [4.69, 9.17) is 0 Å². The number of rotatable bonds is 5. The highest BCUT2D eigenvalue weighted by molar-refractivity contribution is 5.99. The van der Waals surface area contributed by atoms with E-state index in [1.165, 1.54) is 11.1 Å². The number of anilines is 3. The average molecular weight is 385 g/mol. The van der Waals surface area contributed by atoms with Gasteiger partial charge in [-0.3, -0.25) is 4.99 Å². The topological polar surface area (TPSA) is 77.6 Å². The Balaban J connectivity index is 1.30. The van der Waals surface area contributed by atoms with E-state index >= 15 is 0 Å². The van der Waals surface area contributed by atoms with Gasteiger partial charge in [0.2, 0.25) is 0 Å². The Bertz CT molecular complexity index is 982. The lowest BCUT2D eigenvalue weighted by Gasteiger charge is -2.09. The van der Waals surface area contributed by atoms with Crippen molar-refractivity contribution in [2.24, 2.45) is 4.99 Å². The molecule has 0 fully saturated rings. The fourth-order valence-corrected chi connectivity index (χ4v) is 3.08. The third kappa shape index (κ3) is 5.35. The number of aliphatic imine (C=N–C) groups is 1. The molecule has 0 saturated carbocycles. The highest BCUT2D eigenvalue weighted by atomic mass is 16.2. The number of benzene rings is 3. The summed E-state index contributed by atoms with van der Waals surface area (Å²) in [6, 6.07) is 25.3. The van der Waals surface area contributed by atoms with E-state index in [0.717, 1.165) is 42.5 Å². The summed E-state index contributed by atoms with van der Waals surface area (Å²) in [5.41, 5.74) is 4.94. The SMILES string of the molecule is O=C(Nc1ccccc1)Nc1ccc(Cc2ccc(NC3=NCCN3)cc2)cc1. The van der Waals surface area contributed by atoms with Gasteiger partial charge in [-0.1, -0.05) is 42.5 Å². The minimum atomic E-state index is -0.256. The van der Waals surface area contributed by atoms with Crippen molar-refractivity contribution in [3.05, 3.63) is 90.0 Å². The molecule has 3 aromatic rings. The number of para-hydroxylation sites is 1. The van der Waals surface area contributed by atoms with Crippen LogP contribution in [-0.2, 0) is 6.42 Å². The Morgan fingerprint density at radius 3 is 1.97 bits per heavy atom. The number of guanidine groups is 1. The van der Waals surface area contributed by atoms with E-state index in [-0.39, 0.29) is 6.03 Å². The van der Waals surface area contributed by atoms with Gasteiger partial charge in [-0.05, 0) is 53.9 Å². The second kappa shape index (κ2) is 8.93. The van der Waals surface area contributed by atoms with Crippen LogP contribution in [-0.4, -0.2) is 25.1 Å². The molecule has 2 amide bonds. The number of amides is 2. The molecule has 6 heteroatoms. The lowest BCUT2D eigenvalue weighted by molar-refractivity contribution is 0.262. The average Bonchev–Trinajstić information content (AvgIpc) is 3.25. The van der Waals surface area contributed by atoms with Gasteiger partial charge >= 0.3 is 6.03 Å². The number of carbonyl (C=O) groups excluding carboxylic acids is 1. The summed E-state index contributed by atoms with van der Waals surface area (Å²) >= 11 is 0. The zero-order valence-corrected chi connectivity index (χ0v) is 16.0. The van der Waals surface area contributed by atoms with Gasteiger partial charge in [0.1, 0.15) is 0 Å². The Kier molecular flexibility index (Phi) is 5.71. The molecule has 0 bridgehead atoms. The maximum atomic E-state index is 12.1. The van der Waals surface area contributed by atoms with Crippen LogP contribution >= 0.6 is 0 Å². The fraction of sp³-hybridized carbons (Fsp3) is 0.130. The summed E-state index contributed by atoms with van der Waals surface area (Å²) in [7, 11) is 0. The number of nitrogens with zero attached hydrogens (tertiary/aromatic N) is 1. The van der Waals surface area contributed by atoms with Crippen LogP contribution in [0.4, 0.5) is 21.9 Å². The molecular formula is C23H23N5O. The van der Waals surface area contributed by atoms with Crippen molar-refractivity contribution in [1.29, 1.82) is 0 Å². The number of hydrogen-bond acceptors (Lipinski definition) is 4. The molecule has 146 valence electrons. The molecule has 0 radical (unpaired) electrons. The zero-order valence-electron chi connectivity index (χ0n) is 16.0. The molecule has 0 atom stereocenters. The summed E-state index contributed by atoms with van der Waals surface area (Å²) in [4.78, 5) is 16.4. The molecule has 0 spiro atoms. The second-order valence-corrected chi connectivity index (χ2v) is 6.80. The molecule has 4 rings (SSSR count). The molecular weight excluding hydrogens is 362 g/mol. The summed E-state index contributed by atoms with van der Waals surface area (Å²) in [5, 5.41) is 12.1. The van der Waals surface area contributed by atoms with Crippen molar-refractivity contribution in [2.45, 2.75) is 6.42 Å². The highest BCUT2D eigenvalue weighted by Crippen LogP contribution is 2.16. The Labute approximate surface area is 170 Å². The van der Waals surface area contributed by atoms with Crippen LogP contribution in [0.1, 0.15) is 11.1 Å². The van der Waals surface area contributed by atoms with Gasteiger partial charge in [-0.2, -0.15) is 0 Å². The molecule has 4 N–H and O–H groups in total. The van der Waals surface area contributed by atoms with Crippen molar-refractivity contribution in [3.8, 4) is 0 Å². The van der Waals surface area contributed by atoms with E-state index in [1.807, 2.05) is 54.6 Å². The molecule has 1 heterocycles. The normalized spacial score (nSPS) is 12.6. The van der Waals surface area contributed by atoms with Crippen LogP contribution in [0.3, 0.4) is 0 Å². The van der Waals surface area contributed by atoms with Crippen LogP contribution in [0, 0.1) is 0 Å². The number of hydrogen-bond donors (Lipinski definition) is 4. The van der Waals surface area contributed by atoms with Gasteiger partial charge in [-0.25, -0.2) is 4.79 Å². The first-order valence-corrected chi connectivity index (χ1v) is 9.61. The third-order valence-electron chi connectivity index (χ3n) is 4.54. The van der Waals surface area contributed by atoms with Gasteiger partial charge in [0, 0.05) is 23.6 Å². The highest BCUT2D eigenvalue weighted by Gasteiger charge is 2.05. The Morgan fingerprint density at radius 2 is 1.38 bits per heavy atom. The molecule has 0 aliphatic carbocycles. The second-order valence-electron chi connectivity index (χ2n) is 6.80. The van der Waals surface area contributed by atoms with Crippen molar-refractivity contribution >= 4 is 29.1 Å². The van der Waals surface area contributed by atoms with Gasteiger partial charge in [0.25, 0.3) is 0 Å². The van der Waals surface area contributed by atoms with Gasteiger partial charge in [0.15, 0.2) is 5.96 Å². The predicted octanol–water partition coefficient (Wildman–Crippen LogP) is 4.29. The number of urea groups is 1. The first-order valence-electron chi connectivity index (χ1n) is 9.61. The van der Waals surface area contributed by atoms with Crippen LogP contribution in [0.5, 0.6) is 0 Å². The van der Waals surface area contributed by atoms with Crippen LogP contribution in [0.15, 0.2) is 83.9 Å². The molecule has 6 nitrogen and oxygen atoms in total. The standard InChI is InChI=1S/C23H23N5O/c29-23(27-19-4-2-1-3-5-19)28-21-12-8-18(9-13-21)16-17-6-10-20(11-7-17)26-22-24-14-15-25-22/h1-13H,14-16H2,(H2,24,25,26)(H2,27,28,29). The predicted molar refractivity (Wildman–Crippen MR) is 119 cm³/mol. The molecule has 29 heavy (non-hydrogen) atoms. The van der Waals surface area contributed by atoms with Crippen molar-refractivity contribution in [2.75, 3.05) is 29.0 Å². The smallest absolute Gasteiger partial charge is 0.323 e. The lowest BCUT2D eigenvalue weighted by Crippen LogP contribution is -2.26. The van der Waals surface area contributed by atoms with E-state index in [2.05, 4.69) is 50.5 Å². The van der Waals surface area contributed by atoms with Gasteiger partial charge in [0.05, 0.1) is 6.54 Å². The third-order valence-corrected chi connectivity index (χ3v) is 4.54. The fourth-order valence-electron chi connectivity index (χ4n) is 3.08. The Hall–Kier alpha value is -3.80. The summed E-state index contributed by atoms with van der Waals surface area (Å²) in [6.07, 6.45) is 0.829. The zero-order chi connectivity index (χ0) is 19.9. The van der Waals surface area contributed by atoms with Crippen LogP contribution in [0.2, 0.25) is 0 Å². The van der Waals surface area contributed by atoms with E-state index < -0.39 is 0 Å². The van der Waals surface area contributed by atoms with E-state index in [1.54, 1.807) is 0 Å². The lowest BCUT2D eigenvalue weighted by atomic mass is 10.0. The first kappa shape index (κ1) is 18.6. The first-order chi connectivity index (χ1) is 14.2. The van der Waals surface area contributed by atoms with Gasteiger partial charge < -0.3 is 21.3 Å². The molecule has 0 aromatic heterocycles. The van der Waals surface area contributed by atoms with Crippen molar-refractivity contribution in [1.82, 2.24) is 5.32 Å². The molecule has 0 unspecified atom stereocenters. The summed E-state index contributed by atoms with van der Waals surface area (Å²) in [5.74, 6) is 0.831. The largest absolute Gasteiger partial charge is 0.354 e. The maximum absolute atomic E-state index is 12.1. The van der Waals surface area contributed by atoms with Crippen LogP contribution < -0.4 is 21.3 Å². The summed E-state index contributed by atoms with van der Waals surface area (Å²) in [6.45, 7) is 1.71.